The number of hydrogen-bond acceptors (Lipinski definition) is 4. The zero-order valence-electron chi connectivity index (χ0n) is 15.1. The number of aryl methyl sites for hydroxylation is 1. The molecule has 5 nitrogen and oxygen atoms in total. The molecule has 2 aromatic rings. The molecule has 1 aromatic heterocycles. The lowest BCUT2D eigenvalue weighted by Crippen LogP contribution is -2.33. The van der Waals surface area contributed by atoms with Crippen LogP contribution in [0.3, 0.4) is 0 Å². The molecule has 1 aliphatic carbocycles. The summed E-state index contributed by atoms with van der Waals surface area (Å²) in [6.45, 7) is 2.42. The Morgan fingerprint density at radius 2 is 1.93 bits per heavy atom. The van der Waals surface area contributed by atoms with Crippen LogP contribution in [0.5, 0.6) is 0 Å². The molecule has 2 N–H and O–H groups in total. The predicted octanol–water partition coefficient (Wildman–Crippen LogP) is 4.54. The average Bonchev–Trinajstić information content (AvgIpc) is 3.08. The molecule has 3 rings (SSSR count). The third-order valence-electron chi connectivity index (χ3n) is 4.88. The van der Waals surface area contributed by atoms with Gasteiger partial charge >= 0.3 is 0 Å². The molecule has 0 bridgehead atoms. The van der Waals surface area contributed by atoms with Crippen molar-refractivity contribution in [2.75, 3.05) is 11.9 Å². The second-order valence-corrected chi connectivity index (χ2v) is 11.4. The van der Waals surface area contributed by atoms with Gasteiger partial charge in [0.1, 0.15) is 4.21 Å². The quantitative estimate of drug-likeness (QED) is 0.650. The number of carbonyl (C=O) groups is 1. The predicted molar refractivity (Wildman–Crippen MR) is 112 cm³/mol. The number of rotatable bonds is 6. The van der Waals surface area contributed by atoms with Gasteiger partial charge < -0.3 is 5.32 Å². The Morgan fingerprint density at radius 1 is 1.19 bits per heavy atom. The number of carbonyl (C=O) groups excluding carboxylic acids is 1. The zero-order valence-corrected chi connectivity index (χ0v) is 18.3. The Bertz CT molecular complexity index is 903. The van der Waals surface area contributed by atoms with Crippen molar-refractivity contribution in [2.24, 2.45) is 11.8 Å². The Balaban J connectivity index is 1.46. The van der Waals surface area contributed by atoms with Crippen molar-refractivity contribution in [1.29, 1.82) is 0 Å². The number of nitrogens with one attached hydrogen (secondary N) is 2. The molecule has 1 heterocycles. The van der Waals surface area contributed by atoms with E-state index in [1.807, 2.05) is 31.2 Å². The van der Waals surface area contributed by atoms with Gasteiger partial charge in [0.2, 0.25) is 15.9 Å². The second-order valence-electron chi connectivity index (χ2n) is 6.99. The Labute approximate surface area is 172 Å². The van der Waals surface area contributed by atoms with Gasteiger partial charge in [-0.3, -0.25) is 4.79 Å². The summed E-state index contributed by atoms with van der Waals surface area (Å²) < 4.78 is 28.4. The van der Waals surface area contributed by atoms with Crippen molar-refractivity contribution >= 4 is 48.9 Å². The Hall–Kier alpha value is -1.22. The third-order valence-corrected chi connectivity index (χ3v) is 8.42. The van der Waals surface area contributed by atoms with E-state index in [9.17, 15) is 13.2 Å². The van der Waals surface area contributed by atoms with Crippen LogP contribution in [0.25, 0.3) is 0 Å². The maximum Gasteiger partial charge on any atom is 0.250 e. The van der Waals surface area contributed by atoms with E-state index in [-0.39, 0.29) is 17.7 Å². The molecular weight excluding hydrogens is 448 g/mol. The molecule has 0 spiro atoms. The summed E-state index contributed by atoms with van der Waals surface area (Å²) in [7, 11) is -3.45. The van der Waals surface area contributed by atoms with Gasteiger partial charge in [-0.1, -0.05) is 12.1 Å². The van der Waals surface area contributed by atoms with Crippen molar-refractivity contribution in [3.8, 4) is 0 Å². The molecule has 146 valence electrons. The third kappa shape index (κ3) is 5.63. The second kappa shape index (κ2) is 8.86. The summed E-state index contributed by atoms with van der Waals surface area (Å²) in [5.41, 5.74) is 1.94. The van der Waals surface area contributed by atoms with Gasteiger partial charge in [-0.15, -0.1) is 11.3 Å². The SMILES string of the molecule is Cc1cccc(NC(=O)C2CCC(CNS(=O)(=O)c3ccc(Br)s3)CC2)c1. The molecule has 0 atom stereocenters. The molecule has 1 fully saturated rings. The van der Waals surface area contributed by atoms with E-state index in [0.29, 0.717) is 10.8 Å². The monoisotopic (exact) mass is 470 g/mol. The molecule has 1 aliphatic rings. The van der Waals surface area contributed by atoms with Gasteiger partial charge in [0, 0.05) is 18.2 Å². The highest BCUT2D eigenvalue weighted by Crippen LogP contribution is 2.30. The first-order valence-corrected chi connectivity index (χ1v) is 12.1. The molecule has 0 aliphatic heterocycles. The van der Waals surface area contributed by atoms with E-state index in [1.54, 1.807) is 12.1 Å². The Morgan fingerprint density at radius 3 is 2.56 bits per heavy atom. The van der Waals surface area contributed by atoms with Crippen LogP contribution in [-0.4, -0.2) is 20.9 Å². The first kappa shape index (κ1) is 20.5. The largest absolute Gasteiger partial charge is 0.326 e. The fourth-order valence-corrected chi connectivity index (χ4v) is 6.51. The topological polar surface area (TPSA) is 75.3 Å². The molecule has 0 saturated heterocycles. The maximum absolute atomic E-state index is 12.5. The minimum Gasteiger partial charge on any atom is -0.326 e. The summed E-state index contributed by atoms with van der Waals surface area (Å²) >= 11 is 4.49. The van der Waals surface area contributed by atoms with E-state index in [1.165, 1.54) is 11.3 Å². The van der Waals surface area contributed by atoms with Crippen LogP contribution in [0.4, 0.5) is 5.69 Å². The average molecular weight is 471 g/mol. The summed E-state index contributed by atoms with van der Waals surface area (Å²) in [6, 6.07) is 11.1. The Kier molecular flexibility index (Phi) is 6.73. The number of benzene rings is 1. The molecule has 0 radical (unpaired) electrons. The molecule has 1 aromatic carbocycles. The van der Waals surface area contributed by atoms with Gasteiger partial charge in [0.15, 0.2) is 0 Å². The zero-order chi connectivity index (χ0) is 19.4. The smallest absolute Gasteiger partial charge is 0.250 e. The van der Waals surface area contributed by atoms with E-state index in [4.69, 9.17) is 0 Å². The van der Waals surface area contributed by atoms with Crippen LogP contribution >= 0.6 is 27.3 Å². The molecule has 8 heteroatoms. The number of amides is 1. The number of hydrogen-bond donors (Lipinski definition) is 2. The van der Waals surface area contributed by atoms with E-state index in [2.05, 4.69) is 26.0 Å². The maximum atomic E-state index is 12.5. The number of thiophene rings is 1. The van der Waals surface area contributed by atoms with Crippen molar-refractivity contribution in [3.05, 3.63) is 45.7 Å². The van der Waals surface area contributed by atoms with Crippen LogP contribution in [0.15, 0.2) is 44.4 Å². The normalized spacial score (nSPS) is 20.4. The number of anilines is 1. The summed E-state index contributed by atoms with van der Waals surface area (Å²) in [6.07, 6.45) is 3.27. The minimum atomic E-state index is -3.45. The van der Waals surface area contributed by atoms with E-state index in [0.717, 1.165) is 40.7 Å². The van der Waals surface area contributed by atoms with Gasteiger partial charge in [-0.25, -0.2) is 13.1 Å². The fourth-order valence-electron chi connectivity index (χ4n) is 3.34. The molecule has 1 amide bonds. The molecule has 27 heavy (non-hydrogen) atoms. The lowest BCUT2D eigenvalue weighted by atomic mass is 9.81. The summed E-state index contributed by atoms with van der Waals surface area (Å²) in [4.78, 5) is 12.5. The van der Waals surface area contributed by atoms with Crippen LogP contribution < -0.4 is 10.0 Å². The van der Waals surface area contributed by atoms with Crippen molar-refractivity contribution in [3.63, 3.8) is 0 Å². The lowest BCUT2D eigenvalue weighted by Gasteiger charge is -2.27. The van der Waals surface area contributed by atoms with Crippen LogP contribution in [0.1, 0.15) is 31.2 Å². The van der Waals surface area contributed by atoms with Gasteiger partial charge in [-0.2, -0.15) is 0 Å². The standard InChI is InChI=1S/C19H23BrN2O3S2/c1-13-3-2-4-16(11-13)22-19(23)15-7-5-14(6-8-15)12-21-27(24,25)18-10-9-17(20)26-18/h2-4,9-11,14-15,21H,5-8,12H2,1H3,(H,22,23). The highest BCUT2D eigenvalue weighted by Gasteiger charge is 2.27. The molecular formula is C19H23BrN2O3S2. The van der Waals surface area contributed by atoms with Gasteiger partial charge in [0.25, 0.3) is 0 Å². The van der Waals surface area contributed by atoms with Crippen LogP contribution in [-0.2, 0) is 14.8 Å². The minimum absolute atomic E-state index is 0.00776. The number of halogens is 1. The highest BCUT2D eigenvalue weighted by molar-refractivity contribution is 9.11. The lowest BCUT2D eigenvalue weighted by molar-refractivity contribution is -0.121. The first-order valence-electron chi connectivity index (χ1n) is 8.96. The first-order chi connectivity index (χ1) is 12.8. The van der Waals surface area contributed by atoms with Crippen molar-refractivity contribution < 1.29 is 13.2 Å². The fraction of sp³-hybridized carbons (Fsp3) is 0.421. The van der Waals surface area contributed by atoms with Crippen molar-refractivity contribution in [2.45, 2.75) is 36.8 Å². The van der Waals surface area contributed by atoms with Crippen molar-refractivity contribution in [1.82, 2.24) is 4.72 Å². The molecule has 0 unspecified atom stereocenters. The summed E-state index contributed by atoms with van der Waals surface area (Å²) in [5.74, 6) is 0.320. The summed E-state index contributed by atoms with van der Waals surface area (Å²) in [5, 5.41) is 2.99. The van der Waals surface area contributed by atoms with Crippen LogP contribution in [0.2, 0.25) is 0 Å². The highest BCUT2D eigenvalue weighted by atomic mass is 79.9. The molecule has 1 saturated carbocycles. The van der Waals surface area contributed by atoms with E-state index >= 15 is 0 Å². The number of sulfonamides is 1. The van der Waals surface area contributed by atoms with E-state index < -0.39 is 10.0 Å². The van der Waals surface area contributed by atoms with Gasteiger partial charge in [-0.05, 0) is 84.3 Å². The van der Waals surface area contributed by atoms with Gasteiger partial charge in [0.05, 0.1) is 3.79 Å². The van der Waals surface area contributed by atoms with Crippen LogP contribution in [0, 0.1) is 18.8 Å².